The Balaban J connectivity index is 1.55. The second-order valence-corrected chi connectivity index (χ2v) is 10.2. The summed E-state index contributed by atoms with van der Waals surface area (Å²) in [7, 11) is 1.49. The van der Waals surface area contributed by atoms with Gasteiger partial charge in [0.2, 0.25) is 5.89 Å². The summed E-state index contributed by atoms with van der Waals surface area (Å²) in [6, 6.07) is 2.05. The van der Waals surface area contributed by atoms with E-state index in [4.69, 9.17) is 9.15 Å². The number of oxazole rings is 1. The largest absolute Gasteiger partial charge is 0.476 e. The van der Waals surface area contributed by atoms with Gasteiger partial charge in [-0.15, -0.1) is 0 Å². The summed E-state index contributed by atoms with van der Waals surface area (Å²) in [5.74, 6) is -0.983. The first-order valence-corrected chi connectivity index (χ1v) is 13.2. The van der Waals surface area contributed by atoms with Gasteiger partial charge in [-0.2, -0.15) is 0 Å². The van der Waals surface area contributed by atoms with Gasteiger partial charge in [0.25, 0.3) is 0 Å². The first-order valence-electron chi connectivity index (χ1n) is 9.89. The maximum Gasteiger partial charge on any atom is 0.407 e. The Labute approximate surface area is 200 Å². The first kappa shape index (κ1) is 22.7. The van der Waals surface area contributed by atoms with Gasteiger partial charge in [0.15, 0.2) is 11.3 Å². The number of anilines is 1. The number of aromatic carboxylic acids is 1. The van der Waals surface area contributed by atoms with E-state index in [0.717, 1.165) is 35.8 Å². The van der Waals surface area contributed by atoms with Crippen molar-refractivity contribution < 1.29 is 23.8 Å². The van der Waals surface area contributed by atoms with E-state index in [1.54, 1.807) is 6.20 Å². The van der Waals surface area contributed by atoms with E-state index in [2.05, 4.69) is 41.8 Å². The lowest BCUT2D eigenvalue weighted by molar-refractivity contribution is 0.0475. The second kappa shape index (κ2) is 8.81. The Morgan fingerprint density at radius 1 is 1.34 bits per heavy atom. The standard InChI is InChI=1S/C20H22IN5O5S/c1-20(2,3)31-19(29)24-11-6-10(7-11)23-15-12-4-5-26(32-21)16(12)22-8-13(15)17-25-14(9-30-17)18(27)28/h4-5,8-11H,6-7H2,1-3H3,(H,22,23)(H,24,29)(H,27,28)/t10-,11+. The maximum atomic E-state index is 12.0. The molecule has 3 aromatic rings. The number of alkyl carbamates (subject to hydrolysis) is 1. The number of fused-ring (bicyclic) bond motifs is 1. The maximum absolute atomic E-state index is 12.0. The van der Waals surface area contributed by atoms with Crippen molar-refractivity contribution in [1.29, 1.82) is 0 Å². The summed E-state index contributed by atoms with van der Waals surface area (Å²) in [6.07, 6.45) is 5.66. The molecule has 0 radical (unpaired) electrons. The zero-order chi connectivity index (χ0) is 23.0. The molecule has 0 aliphatic heterocycles. The molecule has 3 aromatic heterocycles. The fourth-order valence-corrected chi connectivity index (χ4v) is 4.74. The molecule has 32 heavy (non-hydrogen) atoms. The van der Waals surface area contributed by atoms with Crippen molar-refractivity contribution in [3.63, 3.8) is 0 Å². The van der Waals surface area contributed by atoms with Crippen molar-refractivity contribution in [2.24, 2.45) is 0 Å². The number of carbonyl (C=O) groups is 2. The highest BCUT2D eigenvalue weighted by atomic mass is 127. The number of nitrogens with zero attached hydrogens (tertiary/aromatic N) is 3. The van der Waals surface area contributed by atoms with Gasteiger partial charge in [0.05, 0.1) is 11.3 Å². The molecule has 1 aliphatic carbocycles. The number of carboxylic acids is 1. The van der Waals surface area contributed by atoms with Gasteiger partial charge >= 0.3 is 12.1 Å². The van der Waals surface area contributed by atoms with Crippen LogP contribution in [0, 0.1) is 0 Å². The van der Waals surface area contributed by atoms with Crippen LogP contribution in [0.3, 0.4) is 0 Å². The normalized spacial score (nSPS) is 18.2. The van der Waals surface area contributed by atoms with Crippen molar-refractivity contribution in [2.45, 2.75) is 51.3 Å². The highest BCUT2D eigenvalue weighted by Gasteiger charge is 2.33. The molecule has 3 N–H and O–H groups in total. The van der Waals surface area contributed by atoms with Gasteiger partial charge in [-0.05, 0) is 39.7 Å². The number of carbonyl (C=O) groups excluding carboxylic acids is 1. The van der Waals surface area contributed by atoms with Crippen LogP contribution in [0.5, 0.6) is 0 Å². The Bertz CT molecular complexity index is 1170. The van der Waals surface area contributed by atoms with Crippen molar-refractivity contribution in [2.75, 3.05) is 5.32 Å². The van der Waals surface area contributed by atoms with E-state index in [9.17, 15) is 14.7 Å². The molecule has 1 fully saturated rings. The second-order valence-electron chi connectivity index (χ2n) is 8.49. The highest BCUT2D eigenvalue weighted by molar-refractivity contribution is 14.2. The molecule has 0 spiro atoms. The molecule has 3 heterocycles. The van der Waals surface area contributed by atoms with Crippen molar-refractivity contribution >= 4 is 59.1 Å². The number of carboxylic acid groups (broad SMARTS) is 1. The quantitative estimate of drug-likeness (QED) is 0.360. The fourth-order valence-electron chi connectivity index (χ4n) is 3.46. The van der Waals surface area contributed by atoms with Gasteiger partial charge in [0.1, 0.15) is 11.9 Å². The monoisotopic (exact) mass is 571 g/mol. The first-order chi connectivity index (χ1) is 15.1. The molecule has 12 heteroatoms. The third kappa shape index (κ3) is 4.80. The molecule has 170 valence electrons. The van der Waals surface area contributed by atoms with Crippen LogP contribution in [-0.4, -0.2) is 48.8 Å². The number of ether oxygens (including phenoxy) is 1. The van der Waals surface area contributed by atoms with Crippen LogP contribution >= 0.6 is 30.3 Å². The number of aromatic nitrogens is 3. The Morgan fingerprint density at radius 3 is 2.72 bits per heavy atom. The zero-order valence-electron chi connectivity index (χ0n) is 17.6. The molecule has 4 rings (SSSR count). The topological polar surface area (TPSA) is 132 Å². The Hall–Kier alpha value is -2.48. The summed E-state index contributed by atoms with van der Waals surface area (Å²) >= 11 is 2.18. The molecular weight excluding hydrogens is 549 g/mol. The van der Waals surface area contributed by atoms with Crippen LogP contribution in [0.2, 0.25) is 0 Å². The molecule has 1 saturated carbocycles. The van der Waals surface area contributed by atoms with Crippen LogP contribution in [0.1, 0.15) is 44.1 Å². The molecule has 0 bridgehead atoms. The Morgan fingerprint density at radius 2 is 2.09 bits per heavy atom. The van der Waals surface area contributed by atoms with Gasteiger partial charge in [0, 0.05) is 60.2 Å². The van der Waals surface area contributed by atoms with Crippen LogP contribution in [0.15, 0.2) is 29.1 Å². The van der Waals surface area contributed by atoms with Gasteiger partial charge in [-0.25, -0.2) is 19.6 Å². The summed E-state index contributed by atoms with van der Waals surface area (Å²) in [5, 5.41) is 16.4. The van der Waals surface area contributed by atoms with Crippen molar-refractivity contribution in [3.05, 3.63) is 30.4 Å². The van der Waals surface area contributed by atoms with Gasteiger partial charge < -0.3 is 24.9 Å². The molecule has 0 unspecified atom stereocenters. The van der Waals surface area contributed by atoms with Crippen molar-refractivity contribution in [1.82, 2.24) is 19.3 Å². The third-order valence-corrected chi connectivity index (χ3v) is 6.63. The average Bonchev–Trinajstić information content (AvgIpc) is 3.32. The number of hydrogen-bond donors (Lipinski definition) is 3. The lowest BCUT2D eigenvalue weighted by atomic mass is 9.86. The minimum absolute atomic E-state index is 0.0120. The van der Waals surface area contributed by atoms with E-state index in [0.29, 0.717) is 5.56 Å². The molecule has 10 nitrogen and oxygen atoms in total. The Kier molecular flexibility index (Phi) is 6.25. The van der Waals surface area contributed by atoms with Gasteiger partial charge in [-0.1, -0.05) is 0 Å². The van der Waals surface area contributed by atoms with Crippen LogP contribution in [0.4, 0.5) is 10.5 Å². The summed E-state index contributed by atoms with van der Waals surface area (Å²) in [5.41, 5.74) is 1.39. The number of pyridine rings is 1. The smallest absolute Gasteiger partial charge is 0.407 e. The number of hydrogen-bond acceptors (Lipinski definition) is 8. The fraction of sp³-hybridized carbons (Fsp3) is 0.400. The van der Waals surface area contributed by atoms with E-state index in [1.165, 1.54) is 9.12 Å². The lowest BCUT2D eigenvalue weighted by Gasteiger charge is -2.37. The molecule has 1 aliphatic rings. The van der Waals surface area contributed by atoms with E-state index < -0.39 is 17.7 Å². The SMILES string of the molecule is CC(C)(C)OC(=O)N[C@H]1C[C@@H](Nc2c(-c3nc(C(=O)O)co3)cnc3c2ccn3SI)C1. The minimum Gasteiger partial charge on any atom is -0.476 e. The average molecular weight is 571 g/mol. The minimum atomic E-state index is -1.16. The van der Waals surface area contributed by atoms with Crippen molar-refractivity contribution in [3.8, 4) is 11.5 Å². The number of rotatable bonds is 6. The molecular formula is C20H22IN5O5S. The highest BCUT2D eigenvalue weighted by Crippen LogP contribution is 2.38. The lowest BCUT2D eigenvalue weighted by Crippen LogP contribution is -2.50. The summed E-state index contributed by atoms with van der Waals surface area (Å²) < 4.78 is 12.7. The van der Waals surface area contributed by atoms with E-state index in [1.807, 2.05) is 37.0 Å². The number of nitrogens with one attached hydrogen (secondary N) is 2. The van der Waals surface area contributed by atoms with Crippen LogP contribution < -0.4 is 10.6 Å². The molecule has 0 saturated heterocycles. The predicted octanol–water partition coefficient (Wildman–Crippen LogP) is 4.70. The van der Waals surface area contributed by atoms with E-state index >= 15 is 0 Å². The molecule has 0 aromatic carbocycles. The predicted molar refractivity (Wildman–Crippen MR) is 129 cm³/mol. The molecule has 1 amide bonds. The summed E-state index contributed by atoms with van der Waals surface area (Å²) in [4.78, 5) is 31.8. The molecule has 0 atom stereocenters. The number of amides is 1. The zero-order valence-corrected chi connectivity index (χ0v) is 20.6. The van der Waals surface area contributed by atoms with Crippen LogP contribution in [0.25, 0.3) is 22.5 Å². The van der Waals surface area contributed by atoms with Crippen LogP contribution in [-0.2, 0) is 4.74 Å². The summed E-state index contributed by atoms with van der Waals surface area (Å²) in [6.45, 7) is 5.48. The van der Waals surface area contributed by atoms with Gasteiger partial charge in [-0.3, -0.25) is 3.97 Å². The van der Waals surface area contributed by atoms with E-state index in [-0.39, 0.29) is 23.7 Å². The third-order valence-electron chi connectivity index (χ3n) is 4.92. The number of halogens is 1.